The van der Waals surface area contributed by atoms with Crippen molar-refractivity contribution in [2.45, 2.75) is 32.1 Å². The molecule has 2 rings (SSSR count). The van der Waals surface area contributed by atoms with Crippen molar-refractivity contribution in [3.8, 4) is 11.5 Å². The van der Waals surface area contributed by atoms with Gasteiger partial charge in [-0.25, -0.2) is 0 Å². The lowest BCUT2D eigenvalue weighted by molar-refractivity contribution is 0.252. The van der Waals surface area contributed by atoms with Crippen LogP contribution in [-0.4, -0.2) is 24.9 Å². The lowest BCUT2D eigenvalue weighted by Crippen LogP contribution is -2.19. The Balaban J connectivity index is 2.40. The van der Waals surface area contributed by atoms with E-state index < -0.39 is 0 Å². The summed E-state index contributed by atoms with van der Waals surface area (Å²) in [5, 5.41) is 9.80. The standard InChI is InChI=1S/C14H19ClO3/c1-14(2,4-5-16)10-8-12-13(9-11(10)15)18-7-3-6-17-12/h8-9,16H,3-7H2,1-2H3. The minimum Gasteiger partial charge on any atom is -0.490 e. The molecule has 18 heavy (non-hydrogen) atoms. The SMILES string of the molecule is CC(C)(CCO)c1cc2c(cc1Cl)OCCCO2. The molecule has 0 aliphatic carbocycles. The Morgan fingerprint density at radius 1 is 1.22 bits per heavy atom. The largest absolute Gasteiger partial charge is 0.490 e. The van der Waals surface area contributed by atoms with Gasteiger partial charge in [-0.1, -0.05) is 25.4 Å². The summed E-state index contributed by atoms with van der Waals surface area (Å²) in [5.41, 5.74) is 0.804. The number of hydrogen-bond acceptors (Lipinski definition) is 3. The molecule has 0 saturated heterocycles. The van der Waals surface area contributed by atoms with Gasteiger partial charge in [0, 0.05) is 24.1 Å². The van der Waals surface area contributed by atoms with Gasteiger partial charge in [0.15, 0.2) is 11.5 Å². The van der Waals surface area contributed by atoms with Gasteiger partial charge in [0.05, 0.1) is 13.2 Å². The van der Waals surface area contributed by atoms with Gasteiger partial charge < -0.3 is 14.6 Å². The summed E-state index contributed by atoms with van der Waals surface area (Å²) in [6.07, 6.45) is 1.54. The molecule has 1 aromatic rings. The van der Waals surface area contributed by atoms with Gasteiger partial charge in [-0.2, -0.15) is 0 Å². The Kier molecular flexibility index (Phi) is 4.03. The van der Waals surface area contributed by atoms with E-state index in [0.29, 0.717) is 30.4 Å². The van der Waals surface area contributed by atoms with E-state index in [9.17, 15) is 0 Å². The van der Waals surface area contributed by atoms with E-state index in [2.05, 4.69) is 13.8 Å². The van der Waals surface area contributed by atoms with E-state index in [1.807, 2.05) is 12.1 Å². The Morgan fingerprint density at radius 2 is 1.83 bits per heavy atom. The summed E-state index contributed by atoms with van der Waals surface area (Å²) in [4.78, 5) is 0. The lowest BCUT2D eigenvalue weighted by Gasteiger charge is -2.26. The van der Waals surface area contributed by atoms with Crippen LogP contribution in [-0.2, 0) is 5.41 Å². The Hall–Kier alpha value is -0.930. The van der Waals surface area contributed by atoms with Crippen LogP contribution in [0, 0.1) is 0 Å². The van der Waals surface area contributed by atoms with Gasteiger partial charge in [0.1, 0.15) is 0 Å². The predicted molar refractivity (Wildman–Crippen MR) is 71.8 cm³/mol. The molecular weight excluding hydrogens is 252 g/mol. The first kappa shape index (κ1) is 13.5. The fourth-order valence-electron chi connectivity index (χ4n) is 2.12. The van der Waals surface area contributed by atoms with Crippen molar-refractivity contribution in [2.75, 3.05) is 19.8 Å². The number of aliphatic hydroxyl groups is 1. The summed E-state index contributed by atoms with van der Waals surface area (Å²) in [6, 6.07) is 3.76. The summed E-state index contributed by atoms with van der Waals surface area (Å²) in [7, 11) is 0. The first-order valence-corrected chi connectivity index (χ1v) is 6.63. The third kappa shape index (κ3) is 2.73. The van der Waals surface area contributed by atoms with E-state index in [-0.39, 0.29) is 12.0 Å². The maximum atomic E-state index is 9.14. The van der Waals surface area contributed by atoms with Gasteiger partial charge in [0.2, 0.25) is 0 Å². The zero-order valence-electron chi connectivity index (χ0n) is 10.8. The smallest absolute Gasteiger partial charge is 0.162 e. The molecule has 3 nitrogen and oxygen atoms in total. The number of hydrogen-bond donors (Lipinski definition) is 1. The molecule has 1 aromatic carbocycles. The second-order valence-electron chi connectivity index (χ2n) is 5.19. The van der Waals surface area contributed by atoms with Gasteiger partial charge in [-0.3, -0.25) is 0 Å². The second-order valence-corrected chi connectivity index (χ2v) is 5.59. The number of rotatable bonds is 3. The number of halogens is 1. The lowest BCUT2D eigenvalue weighted by atomic mass is 9.81. The molecule has 0 spiro atoms. The molecule has 1 aliphatic heterocycles. The molecule has 1 heterocycles. The normalized spacial score (nSPS) is 15.3. The molecule has 0 fully saturated rings. The third-order valence-electron chi connectivity index (χ3n) is 3.30. The highest BCUT2D eigenvalue weighted by atomic mass is 35.5. The molecule has 0 unspecified atom stereocenters. The van der Waals surface area contributed by atoms with E-state index >= 15 is 0 Å². The van der Waals surface area contributed by atoms with Crippen LogP contribution in [0.25, 0.3) is 0 Å². The highest BCUT2D eigenvalue weighted by Gasteiger charge is 2.25. The quantitative estimate of drug-likeness (QED) is 0.917. The van der Waals surface area contributed by atoms with Crippen molar-refractivity contribution in [1.82, 2.24) is 0 Å². The van der Waals surface area contributed by atoms with E-state index in [0.717, 1.165) is 17.7 Å². The summed E-state index contributed by atoms with van der Waals surface area (Å²) in [6.45, 7) is 5.58. The molecule has 1 N–H and O–H groups in total. The predicted octanol–water partition coefficient (Wildman–Crippen LogP) is 3.16. The van der Waals surface area contributed by atoms with Gasteiger partial charge in [-0.05, 0) is 23.5 Å². The first-order valence-electron chi connectivity index (χ1n) is 6.25. The fourth-order valence-corrected chi connectivity index (χ4v) is 2.53. The molecular formula is C14H19ClO3. The average Bonchev–Trinajstić information content (AvgIpc) is 2.52. The van der Waals surface area contributed by atoms with Crippen molar-refractivity contribution in [3.63, 3.8) is 0 Å². The summed E-state index contributed by atoms with van der Waals surface area (Å²) >= 11 is 6.32. The minimum absolute atomic E-state index is 0.137. The molecule has 0 saturated carbocycles. The minimum atomic E-state index is -0.184. The number of ether oxygens (including phenoxy) is 2. The van der Waals surface area contributed by atoms with Crippen LogP contribution in [0.4, 0.5) is 0 Å². The van der Waals surface area contributed by atoms with Crippen molar-refractivity contribution < 1.29 is 14.6 Å². The summed E-state index contributed by atoms with van der Waals surface area (Å²) < 4.78 is 11.3. The maximum absolute atomic E-state index is 9.14. The zero-order chi connectivity index (χ0) is 13.2. The van der Waals surface area contributed by atoms with Crippen LogP contribution >= 0.6 is 11.6 Å². The topological polar surface area (TPSA) is 38.7 Å². The number of benzene rings is 1. The Morgan fingerprint density at radius 3 is 2.44 bits per heavy atom. The molecule has 4 heteroatoms. The summed E-state index contributed by atoms with van der Waals surface area (Å²) in [5.74, 6) is 1.46. The van der Waals surface area contributed by atoms with Crippen LogP contribution in [0.2, 0.25) is 5.02 Å². The van der Waals surface area contributed by atoms with Crippen molar-refractivity contribution >= 4 is 11.6 Å². The highest BCUT2D eigenvalue weighted by molar-refractivity contribution is 6.31. The van der Waals surface area contributed by atoms with Crippen LogP contribution in [0.5, 0.6) is 11.5 Å². The van der Waals surface area contributed by atoms with E-state index in [4.69, 9.17) is 26.2 Å². The molecule has 100 valence electrons. The molecule has 0 atom stereocenters. The average molecular weight is 271 g/mol. The van der Waals surface area contributed by atoms with Crippen LogP contribution in [0.3, 0.4) is 0 Å². The number of aliphatic hydroxyl groups excluding tert-OH is 1. The van der Waals surface area contributed by atoms with Crippen LogP contribution in [0.1, 0.15) is 32.3 Å². The first-order chi connectivity index (χ1) is 8.54. The second kappa shape index (κ2) is 5.37. The maximum Gasteiger partial charge on any atom is 0.162 e. The highest BCUT2D eigenvalue weighted by Crippen LogP contribution is 2.41. The molecule has 0 aromatic heterocycles. The molecule has 1 aliphatic rings. The van der Waals surface area contributed by atoms with Gasteiger partial charge in [-0.15, -0.1) is 0 Å². The monoisotopic (exact) mass is 270 g/mol. The fraction of sp³-hybridized carbons (Fsp3) is 0.571. The number of fused-ring (bicyclic) bond motifs is 1. The van der Waals surface area contributed by atoms with Crippen molar-refractivity contribution in [3.05, 3.63) is 22.7 Å². The molecule has 0 amide bonds. The molecule has 0 bridgehead atoms. The van der Waals surface area contributed by atoms with Crippen molar-refractivity contribution in [1.29, 1.82) is 0 Å². The Bertz CT molecular complexity index is 429. The third-order valence-corrected chi connectivity index (χ3v) is 3.62. The van der Waals surface area contributed by atoms with Gasteiger partial charge >= 0.3 is 0 Å². The van der Waals surface area contributed by atoms with E-state index in [1.165, 1.54) is 0 Å². The van der Waals surface area contributed by atoms with E-state index in [1.54, 1.807) is 0 Å². The van der Waals surface area contributed by atoms with Gasteiger partial charge in [0.25, 0.3) is 0 Å². The molecule has 0 radical (unpaired) electrons. The zero-order valence-corrected chi connectivity index (χ0v) is 11.6. The van der Waals surface area contributed by atoms with Crippen LogP contribution < -0.4 is 9.47 Å². The van der Waals surface area contributed by atoms with Crippen molar-refractivity contribution in [2.24, 2.45) is 0 Å². The van der Waals surface area contributed by atoms with Crippen LogP contribution in [0.15, 0.2) is 12.1 Å². The Labute approximate surface area is 113 Å².